The van der Waals surface area contributed by atoms with E-state index in [4.69, 9.17) is 4.42 Å². The number of benzene rings is 11. The van der Waals surface area contributed by atoms with Crippen LogP contribution in [0.1, 0.15) is 22.3 Å². The van der Waals surface area contributed by atoms with Crippen molar-refractivity contribution in [3.63, 3.8) is 0 Å². The Morgan fingerprint density at radius 3 is 1.61 bits per heavy atom. The highest BCUT2D eigenvalue weighted by molar-refractivity contribution is 6.19. The number of furan rings is 1. The molecule has 2 nitrogen and oxygen atoms in total. The fraction of sp³-hybridized carbons (Fsp3) is 0.0154. The van der Waals surface area contributed by atoms with E-state index in [1.807, 2.05) is 0 Å². The van der Waals surface area contributed by atoms with E-state index in [-0.39, 0.29) is 0 Å². The van der Waals surface area contributed by atoms with Crippen molar-refractivity contribution in [1.82, 2.24) is 0 Å². The number of hydrogen-bond acceptors (Lipinski definition) is 2. The first kappa shape index (κ1) is 38.7. The molecule has 0 spiro atoms. The number of hydrogen-bond donors (Lipinski definition) is 0. The summed E-state index contributed by atoms with van der Waals surface area (Å²) in [5.74, 6) is 0. The van der Waals surface area contributed by atoms with Crippen LogP contribution in [0.25, 0.3) is 77.2 Å². The maximum atomic E-state index is 7.42. The van der Waals surface area contributed by atoms with E-state index in [1.54, 1.807) is 0 Å². The van der Waals surface area contributed by atoms with Gasteiger partial charge in [0.15, 0.2) is 5.58 Å². The first-order chi connectivity index (χ1) is 33.3. The molecule has 1 aliphatic carbocycles. The zero-order chi connectivity index (χ0) is 44.3. The predicted molar refractivity (Wildman–Crippen MR) is 280 cm³/mol. The number of nitrogens with zero attached hydrogens (tertiary/aromatic N) is 1. The molecule has 1 heterocycles. The minimum atomic E-state index is -0.563. The van der Waals surface area contributed by atoms with Gasteiger partial charge in [-0.25, -0.2) is 0 Å². The summed E-state index contributed by atoms with van der Waals surface area (Å²) in [6.45, 7) is 0. The van der Waals surface area contributed by atoms with E-state index in [2.05, 4.69) is 266 Å². The maximum absolute atomic E-state index is 7.42. The van der Waals surface area contributed by atoms with Crippen LogP contribution in [0.5, 0.6) is 0 Å². The molecule has 1 aromatic heterocycles. The molecule has 0 radical (unpaired) electrons. The maximum Gasteiger partial charge on any atom is 0.160 e. The smallest absolute Gasteiger partial charge is 0.160 e. The second-order valence-electron chi connectivity index (χ2n) is 17.5. The monoisotopic (exact) mass is 853 g/mol. The van der Waals surface area contributed by atoms with Crippen LogP contribution < -0.4 is 4.90 Å². The molecule has 67 heavy (non-hydrogen) atoms. The van der Waals surface area contributed by atoms with Crippen LogP contribution in [-0.2, 0) is 5.41 Å². The van der Waals surface area contributed by atoms with E-state index in [1.165, 1.54) is 49.7 Å². The van der Waals surface area contributed by atoms with Crippen molar-refractivity contribution in [2.45, 2.75) is 5.41 Å². The predicted octanol–water partition coefficient (Wildman–Crippen LogP) is 17.6. The molecule has 1 aliphatic rings. The zero-order valence-electron chi connectivity index (χ0n) is 36.7. The van der Waals surface area contributed by atoms with Crippen molar-refractivity contribution in [2.75, 3.05) is 4.90 Å². The summed E-state index contributed by atoms with van der Waals surface area (Å²) >= 11 is 0. The molecule has 314 valence electrons. The third-order valence-corrected chi connectivity index (χ3v) is 13.9. The molecule has 13 rings (SSSR count). The lowest BCUT2D eigenvalue weighted by Gasteiger charge is -2.34. The van der Waals surface area contributed by atoms with Gasteiger partial charge >= 0.3 is 0 Å². The molecule has 11 aromatic carbocycles. The lowest BCUT2D eigenvalue weighted by atomic mass is 9.68. The van der Waals surface area contributed by atoms with Crippen LogP contribution in [0.3, 0.4) is 0 Å². The van der Waals surface area contributed by atoms with Crippen molar-refractivity contribution in [2.24, 2.45) is 0 Å². The number of para-hydroxylation sites is 1. The number of fused-ring (bicyclic) bond motifs is 7. The Bertz CT molecular complexity index is 3740. The molecule has 12 aromatic rings. The summed E-state index contributed by atoms with van der Waals surface area (Å²) in [6.07, 6.45) is 0. The molecule has 0 unspecified atom stereocenters. The molecule has 0 aliphatic heterocycles. The highest BCUT2D eigenvalue weighted by Gasteiger charge is 2.47. The van der Waals surface area contributed by atoms with E-state index >= 15 is 0 Å². The lowest BCUT2D eigenvalue weighted by molar-refractivity contribution is 0.670. The molecule has 0 N–H and O–H groups in total. The van der Waals surface area contributed by atoms with Crippen LogP contribution in [0, 0.1) is 0 Å². The summed E-state index contributed by atoms with van der Waals surface area (Å²) in [7, 11) is 0. The van der Waals surface area contributed by atoms with Crippen molar-refractivity contribution in [3.8, 4) is 44.5 Å². The normalized spacial score (nSPS) is 12.6. The minimum absolute atomic E-state index is 0.563. The topological polar surface area (TPSA) is 16.4 Å². The SMILES string of the molecule is c1ccc(-c2cccc3c2oc2c(N(c4ccc(-c5ccc6ccccc6c5)cc4)c4cccc5c4-c4ccccc4C5(c4ccccc4)c4ccccc4)ccc(-c4ccccc4)c23)cc1. The minimum Gasteiger partial charge on any atom is -0.453 e. The van der Waals surface area contributed by atoms with E-state index in [0.29, 0.717) is 0 Å². The fourth-order valence-corrected chi connectivity index (χ4v) is 11.0. The quantitative estimate of drug-likeness (QED) is 0.151. The van der Waals surface area contributed by atoms with Gasteiger partial charge in [-0.15, -0.1) is 0 Å². The van der Waals surface area contributed by atoms with Gasteiger partial charge in [0.2, 0.25) is 0 Å². The molecule has 0 saturated heterocycles. The van der Waals surface area contributed by atoms with Crippen molar-refractivity contribution in [1.29, 1.82) is 0 Å². The fourth-order valence-electron chi connectivity index (χ4n) is 11.0. The zero-order valence-corrected chi connectivity index (χ0v) is 36.7. The van der Waals surface area contributed by atoms with Crippen LogP contribution >= 0.6 is 0 Å². The largest absolute Gasteiger partial charge is 0.453 e. The Morgan fingerprint density at radius 2 is 0.896 bits per heavy atom. The highest BCUT2D eigenvalue weighted by Crippen LogP contribution is 2.60. The van der Waals surface area contributed by atoms with Gasteiger partial charge in [-0.1, -0.05) is 231 Å². The summed E-state index contributed by atoms with van der Waals surface area (Å²) in [5.41, 5.74) is 18.4. The summed E-state index contributed by atoms with van der Waals surface area (Å²) in [4.78, 5) is 2.45. The van der Waals surface area contributed by atoms with Crippen LogP contribution in [0.15, 0.2) is 265 Å². The first-order valence-corrected chi connectivity index (χ1v) is 23.1. The number of rotatable bonds is 8. The Kier molecular flexibility index (Phi) is 9.11. The van der Waals surface area contributed by atoms with Gasteiger partial charge in [0.05, 0.1) is 16.8 Å². The molecule has 0 amide bonds. The van der Waals surface area contributed by atoms with Crippen LogP contribution in [-0.4, -0.2) is 0 Å². The van der Waals surface area contributed by atoms with E-state index < -0.39 is 5.41 Å². The Labute approximate surface area is 390 Å². The van der Waals surface area contributed by atoms with Gasteiger partial charge in [-0.3, -0.25) is 0 Å². The van der Waals surface area contributed by atoms with Gasteiger partial charge in [0.25, 0.3) is 0 Å². The van der Waals surface area contributed by atoms with Gasteiger partial charge in [0.1, 0.15) is 5.58 Å². The van der Waals surface area contributed by atoms with Gasteiger partial charge in [0, 0.05) is 27.6 Å². The molecule has 0 bridgehead atoms. The van der Waals surface area contributed by atoms with E-state index in [9.17, 15) is 0 Å². The van der Waals surface area contributed by atoms with Crippen molar-refractivity contribution in [3.05, 3.63) is 283 Å². The molecular formula is C65H43NO. The Balaban J connectivity index is 1.12. The van der Waals surface area contributed by atoms with Crippen LogP contribution in [0.2, 0.25) is 0 Å². The second-order valence-corrected chi connectivity index (χ2v) is 17.5. The standard InChI is InChI=1S/C65H43NO/c1-5-20-46(21-6-1)53-41-42-60(64-61(53)56-31-17-30-54(63(56)67-64)47-22-7-2-8-23-47)66(52-39-37-45(38-40-52)49-36-35-44-19-13-14-24-48(44)43-49)59-34-18-33-58-62(59)55-29-15-16-32-57(55)65(58,50-25-9-3-10-26-50)51-27-11-4-12-28-51/h1-43H. The van der Waals surface area contributed by atoms with Crippen molar-refractivity contribution < 1.29 is 4.42 Å². The van der Waals surface area contributed by atoms with Gasteiger partial charge in [-0.05, 0) is 96.7 Å². The van der Waals surface area contributed by atoms with Crippen LogP contribution in [0.4, 0.5) is 17.1 Å². The molecule has 0 saturated carbocycles. The second kappa shape index (κ2) is 15.8. The van der Waals surface area contributed by atoms with E-state index in [0.717, 1.165) is 66.8 Å². The lowest BCUT2D eigenvalue weighted by Crippen LogP contribution is -2.28. The highest BCUT2D eigenvalue weighted by atomic mass is 16.3. The number of anilines is 3. The van der Waals surface area contributed by atoms with Gasteiger partial charge < -0.3 is 9.32 Å². The van der Waals surface area contributed by atoms with Crippen molar-refractivity contribution >= 4 is 49.8 Å². The average Bonchev–Trinajstić information content (AvgIpc) is 3.95. The summed E-state index contributed by atoms with van der Waals surface area (Å²) in [5, 5.41) is 4.63. The molecule has 0 fully saturated rings. The first-order valence-electron chi connectivity index (χ1n) is 23.1. The third-order valence-electron chi connectivity index (χ3n) is 13.9. The summed E-state index contributed by atoms with van der Waals surface area (Å²) < 4.78 is 7.42. The Morgan fingerprint density at radius 1 is 0.328 bits per heavy atom. The molecule has 2 heteroatoms. The third kappa shape index (κ3) is 6.11. The average molecular weight is 854 g/mol. The molecular weight excluding hydrogens is 811 g/mol. The Hall–Kier alpha value is -8.72. The van der Waals surface area contributed by atoms with Gasteiger partial charge in [-0.2, -0.15) is 0 Å². The summed E-state index contributed by atoms with van der Waals surface area (Å²) in [6, 6.07) is 94.8. The molecule has 0 atom stereocenters.